The number of sulfonamides is 4. The minimum absolute atomic E-state index is 0.0319. The average Bonchev–Trinajstić information content (AvgIpc) is 0.796. The van der Waals surface area contributed by atoms with Crippen molar-refractivity contribution in [2.45, 2.75) is 178 Å². The number of halogens is 3. The predicted molar refractivity (Wildman–Crippen MR) is 415 cm³/mol. The number of aliphatic hydroxyl groups excluding tert-OH is 2. The van der Waals surface area contributed by atoms with Gasteiger partial charge in [-0.25, -0.2) is 33.7 Å². The quantitative estimate of drug-likeness (QED) is 0.0256. The van der Waals surface area contributed by atoms with Crippen LogP contribution in [0.15, 0.2) is 89.8 Å². The molecule has 1 unspecified atom stereocenters. The minimum atomic E-state index is -5.20. The number of unbranched alkanes of at least 4 members (excludes halogenated alkanes) is 1. The van der Waals surface area contributed by atoms with E-state index in [1.807, 2.05) is 0 Å². The SMILES string of the molecule is CC(=O)NC(C(=O)N[C@@H](Cc1ccccc1)CN(CC(=O)N[C@@H](CCC(=O)O)C(=O)N[C@@H](Cc1ccccc1)CN(CC(=O)N[C@@H](C)C(=O)N[C@@H](CCCCN)CN(CC(=O)N[C@@H](CC(C)C)C(=O)N[C@@H](CO)CN(CC(=O)N[C@@H](C)C(N)=O)S(C)(=O)=O)S(=O)(=O)CC(C)C)S(=O)(=O)c1ccc(C(F)(F)F)cc1)S(C)(=O)=O)[C@H](C)O. The largest absolute Gasteiger partial charge is 0.481 e. The number of nitrogens with one attached hydrogen (secondary N) is 9. The summed E-state index contributed by atoms with van der Waals surface area (Å²) in [6, 6.07) is 5.06. The molecule has 0 aliphatic carbocycles. The van der Waals surface area contributed by atoms with Crippen molar-refractivity contribution >= 4 is 105 Å². The van der Waals surface area contributed by atoms with Crippen molar-refractivity contribution in [3.05, 3.63) is 102 Å². The number of hydrogen-bond acceptors (Lipinski definition) is 22. The number of aliphatic carboxylic acids is 1. The maximum Gasteiger partial charge on any atom is 0.416 e. The van der Waals surface area contributed by atoms with E-state index in [-0.39, 0.29) is 44.6 Å². The van der Waals surface area contributed by atoms with Crippen LogP contribution in [0, 0.1) is 11.8 Å². The summed E-state index contributed by atoms with van der Waals surface area (Å²) in [5.74, 6) is -13.2. The van der Waals surface area contributed by atoms with Gasteiger partial charge in [0.2, 0.25) is 99.2 Å². The molecule has 646 valence electrons. The molecule has 0 saturated carbocycles. The van der Waals surface area contributed by atoms with Crippen molar-refractivity contribution in [1.29, 1.82) is 0 Å². The lowest BCUT2D eigenvalue weighted by atomic mass is 10.0. The highest BCUT2D eigenvalue weighted by atomic mass is 32.2. The molecule has 0 heterocycles. The molecule has 16 N–H and O–H groups in total. The van der Waals surface area contributed by atoms with Crippen molar-refractivity contribution in [1.82, 2.24) is 65.1 Å². The van der Waals surface area contributed by atoms with Gasteiger partial charge in [-0.15, -0.1) is 0 Å². The van der Waals surface area contributed by atoms with Crippen molar-refractivity contribution in [3.63, 3.8) is 0 Å². The Morgan fingerprint density at radius 3 is 1.37 bits per heavy atom. The number of alkyl halides is 3. The van der Waals surface area contributed by atoms with Gasteiger partial charge < -0.3 is 74.6 Å². The third kappa shape index (κ3) is 36.9. The molecule has 0 bridgehead atoms. The highest BCUT2D eigenvalue weighted by Gasteiger charge is 2.39. The molecule has 44 heteroatoms. The molecule has 37 nitrogen and oxygen atoms in total. The molecule has 0 spiro atoms. The number of carboxylic acid groups (broad SMARTS) is 1. The second kappa shape index (κ2) is 46.8. The van der Waals surface area contributed by atoms with Crippen LogP contribution < -0.4 is 59.3 Å². The fourth-order valence-electron chi connectivity index (χ4n) is 11.6. The molecule has 10 amide bonds. The minimum Gasteiger partial charge on any atom is -0.481 e. The van der Waals surface area contributed by atoms with E-state index in [0.29, 0.717) is 54.7 Å². The third-order valence-corrected chi connectivity index (χ3v) is 23.7. The number of nitrogens with zero attached hydrogens (tertiary/aromatic N) is 4. The van der Waals surface area contributed by atoms with Crippen LogP contribution in [0.1, 0.15) is 111 Å². The average molecular weight is 1710 g/mol. The number of carbonyl (C=O) groups is 11. The smallest absolute Gasteiger partial charge is 0.416 e. The molecule has 0 aliphatic heterocycles. The zero-order chi connectivity index (χ0) is 87.1. The van der Waals surface area contributed by atoms with E-state index < -0.39 is 266 Å². The zero-order valence-corrected chi connectivity index (χ0v) is 69.0. The summed E-state index contributed by atoms with van der Waals surface area (Å²) in [7, 11) is -18.4. The van der Waals surface area contributed by atoms with E-state index in [1.54, 1.807) is 76.2 Å². The molecule has 0 saturated heterocycles. The van der Waals surface area contributed by atoms with Gasteiger partial charge in [0.15, 0.2) is 0 Å². The molecule has 3 aromatic rings. The Morgan fingerprint density at radius 1 is 0.496 bits per heavy atom. The Hall–Kier alpha value is -8.86. The molecule has 115 heavy (non-hydrogen) atoms. The Labute approximate surface area is 668 Å². The van der Waals surface area contributed by atoms with Gasteiger partial charge in [0.25, 0.3) is 0 Å². The highest BCUT2D eigenvalue weighted by molar-refractivity contribution is 7.89. The van der Waals surface area contributed by atoms with Gasteiger partial charge in [0.05, 0.1) is 73.7 Å². The highest BCUT2D eigenvalue weighted by Crippen LogP contribution is 2.31. The number of amides is 10. The number of nitrogens with two attached hydrogens (primary N) is 2. The number of rotatable bonds is 52. The van der Waals surface area contributed by atoms with E-state index in [1.165, 1.54) is 26.0 Å². The standard InChI is InChI=1S/C71H110F3N15O22S4/c1-44(2)31-59(69(102)83-56(42-90)37-87(113(10,106)107)38-60(93)77-46(5)66(76)99)85-63(96)40-88(114(108,109)43-45(3)4)34-53(23-17-18-30-75)80-67(100)47(6)78-61(94)41-89(115(110,111)57-26-24-52(25-27-57)71(72,73)74)36-55(33-51-21-15-12-16-22-51)81-68(101)58(28-29-64(97)98)84-62(95)39-86(112(9,104)105)35-54(32-50-19-13-11-14-20-50)82-70(103)65(48(7)91)79-49(8)92/h11-16,19-22,24-27,44-48,53-56,58-59,65,90-91H,17-18,23,28-43,75H2,1-10H3,(H2,76,99)(H,77,93)(H,78,94)(H,79,92)(H,80,100)(H,81,101)(H,82,103)(H,83,102)(H,84,95)(H,85,96)(H,97,98)/t46-,47-,48-,53-,54-,55-,56+,58-,59-,65?/m0/s1. The van der Waals surface area contributed by atoms with Crippen molar-refractivity contribution in [3.8, 4) is 0 Å². The molecular weight excluding hydrogens is 1600 g/mol. The van der Waals surface area contributed by atoms with Crippen LogP contribution in [0.5, 0.6) is 0 Å². The van der Waals surface area contributed by atoms with Crippen molar-refractivity contribution < 1.29 is 115 Å². The summed E-state index contributed by atoms with van der Waals surface area (Å²) in [6.45, 7) is 3.25. The van der Waals surface area contributed by atoms with Crippen LogP contribution >= 0.6 is 0 Å². The number of benzene rings is 3. The zero-order valence-electron chi connectivity index (χ0n) is 65.8. The van der Waals surface area contributed by atoms with Gasteiger partial charge in [-0.1, -0.05) is 94.8 Å². The van der Waals surface area contributed by atoms with Crippen molar-refractivity contribution in [2.24, 2.45) is 23.3 Å². The van der Waals surface area contributed by atoms with E-state index >= 15 is 0 Å². The van der Waals surface area contributed by atoms with Crippen LogP contribution in [0.2, 0.25) is 0 Å². The van der Waals surface area contributed by atoms with E-state index in [2.05, 4.69) is 47.9 Å². The van der Waals surface area contributed by atoms with E-state index in [0.717, 1.165) is 30.7 Å². The number of primary amides is 1. The fourth-order valence-corrected chi connectivity index (χ4v) is 16.4. The molecule has 10 atom stereocenters. The molecule has 0 fully saturated rings. The second-order valence-electron chi connectivity index (χ2n) is 28.8. The summed E-state index contributed by atoms with van der Waals surface area (Å²) in [5.41, 5.74) is 10.7. The maximum absolute atomic E-state index is 14.9. The first-order valence-corrected chi connectivity index (χ1v) is 43.4. The summed E-state index contributed by atoms with van der Waals surface area (Å²) in [6.07, 6.45) is -6.50. The molecule has 0 radical (unpaired) electrons. The van der Waals surface area contributed by atoms with Crippen LogP contribution in [0.4, 0.5) is 13.2 Å². The van der Waals surface area contributed by atoms with Gasteiger partial charge >= 0.3 is 12.1 Å². The summed E-state index contributed by atoms with van der Waals surface area (Å²) >= 11 is 0. The summed E-state index contributed by atoms with van der Waals surface area (Å²) in [5, 5.41) is 52.6. The molecule has 3 rings (SSSR count). The summed E-state index contributed by atoms with van der Waals surface area (Å²) in [4.78, 5) is 147. The first-order valence-electron chi connectivity index (χ1n) is 36.6. The molecule has 3 aromatic carbocycles. The van der Waals surface area contributed by atoms with Crippen LogP contribution in [0.3, 0.4) is 0 Å². The summed E-state index contributed by atoms with van der Waals surface area (Å²) < 4.78 is 155. The van der Waals surface area contributed by atoms with Crippen LogP contribution in [0.25, 0.3) is 0 Å². The van der Waals surface area contributed by atoms with E-state index in [4.69, 9.17) is 11.5 Å². The first-order chi connectivity index (χ1) is 53.3. The van der Waals surface area contributed by atoms with Crippen molar-refractivity contribution in [2.75, 3.05) is 83.8 Å². The van der Waals surface area contributed by atoms with Gasteiger partial charge in [0.1, 0.15) is 30.2 Å². The second-order valence-corrected chi connectivity index (χ2v) is 36.7. The van der Waals surface area contributed by atoms with Crippen LogP contribution in [-0.4, -0.2) is 276 Å². The lowest BCUT2D eigenvalue weighted by molar-refractivity contribution is -0.138. The lowest BCUT2D eigenvalue weighted by Gasteiger charge is -2.31. The van der Waals surface area contributed by atoms with Gasteiger partial charge in [-0.05, 0) is 113 Å². The lowest BCUT2D eigenvalue weighted by Crippen LogP contribution is -2.58. The van der Waals surface area contributed by atoms with Gasteiger partial charge in [0, 0.05) is 57.6 Å². The van der Waals surface area contributed by atoms with Gasteiger partial charge in [-0.2, -0.15) is 30.4 Å². The Morgan fingerprint density at radius 2 is 0.922 bits per heavy atom. The monoisotopic (exact) mass is 1710 g/mol. The Kier molecular flexibility index (Phi) is 40.8. The maximum atomic E-state index is 14.9. The fraction of sp³-hybridized carbons (Fsp3) is 0.592. The number of carbonyl (C=O) groups excluding carboxylic acids is 10. The molecule has 0 aliphatic rings. The Bertz CT molecular complexity index is 4240. The molecule has 0 aromatic heterocycles. The Balaban J connectivity index is 2.08. The molecular formula is C71H110F3N15O22S4. The van der Waals surface area contributed by atoms with Gasteiger partial charge in [-0.3, -0.25) is 52.7 Å². The normalized spacial score (nSPS) is 14.9. The topological polar surface area (TPSA) is 558 Å². The number of hydrogen-bond donors (Lipinski definition) is 14. The number of carboxylic acids is 1. The number of aliphatic hydroxyl groups is 2. The van der Waals surface area contributed by atoms with E-state index in [9.17, 15) is 115 Å². The third-order valence-electron chi connectivity index (χ3n) is 17.3. The first kappa shape index (κ1) is 100. The predicted octanol–water partition coefficient (Wildman–Crippen LogP) is -2.69. The van der Waals surface area contributed by atoms with Crippen LogP contribution in [-0.2, 0) is 112 Å².